The number of nitrogens with zero attached hydrogens (tertiary/aromatic N) is 1. The molecule has 0 aromatic heterocycles. The molecule has 0 spiro atoms. The van der Waals surface area contributed by atoms with Gasteiger partial charge in [-0.25, -0.2) is 0 Å². The van der Waals surface area contributed by atoms with Crippen molar-refractivity contribution < 1.29 is 4.79 Å². The Morgan fingerprint density at radius 2 is 1.70 bits per heavy atom. The molecule has 0 radical (unpaired) electrons. The molecule has 20 heavy (non-hydrogen) atoms. The zero-order valence-corrected chi connectivity index (χ0v) is 12.9. The summed E-state index contributed by atoms with van der Waals surface area (Å²) in [5.41, 5.74) is 2.32. The fraction of sp³-hybridized carbons (Fsp3) is 0.588. The van der Waals surface area contributed by atoms with E-state index in [0.717, 1.165) is 18.8 Å². The van der Waals surface area contributed by atoms with Crippen molar-refractivity contribution in [2.75, 3.05) is 25.0 Å². The van der Waals surface area contributed by atoms with Crippen molar-refractivity contribution >= 4 is 11.6 Å². The molecule has 1 saturated heterocycles. The van der Waals surface area contributed by atoms with E-state index in [1.54, 1.807) is 0 Å². The quantitative estimate of drug-likeness (QED) is 0.916. The molecule has 2 rings (SSSR count). The highest BCUT2D eigenvalue weighted by Crippen LogP contribution is 2.23. The van der Waals surface area contributed by atoms with Crippen LogP contribution in [0.5, 0.6) is 0 Å². The number of amides is 1. The van der Waals surface area contributed by atoms with Gasteiger partial charge in [-0.3, -0.25) is 9.69 Å². The molecule has 0 saturated carbocycles. The number of likely N-dealkylation sites (tertiary alicyclic amines) is 1. The minimum absolute atomic E-state index is 0.0930. The van der Waals surface area contributed by atoms with Gasteiger partial charge in [-0.1, -0.05) is 39.3 Å². The van der Waals surface area contributed by atoms with E-state index in [1.165, 1.54) is 24.8 Å². The zero-order chi connectivity index (χ0) is 14.6. The summed E-state index contributed by atoms with van der Waals surface area (Å²) in [6, 6.07) is 8.18. The minimum Gasteiger partial charge on any atom is -0.325 e. The lowest BCUT2D eigenvalue weighted by Crippen LogP contribution is -2.36. The van der Waals surface area contributed by atoms with Crippen LogP contribution in [-0.2, 0) is 10.2 Å². The Labute approximate surface area is 122 Å². The smallest absolute Gasteiger partial charge is 0.238 e. The van der Waals surface area contributed by atoms with Gasteiger partial charge < -0.3 is 5.32 Å². The molecule has 3 nitrogen and oxygen atoms in total. The fourth-order valence-electron chi connectivity index (χ4n) is 2.57. The highest BCUT2D eigenvalue weighted by atomic mass is 16.2. The number of hydrogen-bond donors (Lipinski definition) is 1. The molecule has 1 N–H and O–H groups in total. The summed E-state index contributed by atoms with van der Waals surface area (Å²) < 4.78 is 0. The van der Waals surface area contributed by atoms with Crippen molar-refractivity contribution in [3.63, 3.8) is 0 Å². The molecule has 110 valence electrons. The lowest BCUT2D eigenvalue weighted by Gasteiger charge is -2.25. The molecule has 1 aromatic carbocycles. The number of anilines is 1. The topological polar surface area (TPSA) is 32.3 Å². The molecular weight excluding hydrogens is 248 g/mol. The van der Waals surface area contributed by atoms with Crippen molar-refractivity contribution in [3.8, 4) is 0 Å². The van der Waals surface area contributed by atoms with Crippen LogP contribution in [0.4, 0.5) is 5.69 Å². The van der Waals surface area contributed by atoms with Crippen LogP contribution in [0.1, 0.15) is 45.6 Å². The first-order chi connectivity index (χ1) is 9.45. The first-order valence-electron chi connectivity index (χ1n) is 7.58. The number of hydrogen-bond acceptors (Lipinski definition) is 2. The molecular formula is C17H26N2O. The summed E-state index contributed by atoms with van der Waals surface area (Å²) >= 11 is 0. The Kier molecular flexibility index (Phi) is 4.81. The second kappa shape index (κ2) is 6.40. The molecule has 1 amide bonds. The number of benzene rings is 1. The third-order valence-electron chi connectivity index (χ3n) is 3.85. The highest BCUT2D eigenvalue weighted by molar-refractivity contribution is 5.92. The molecule has 0 bridgehead atoms. The molecule has 1 aliphatic rings. The number of rotatable bonds is 3. The largest absolute Gasteiger partial charge is 0.325 e. The van der Waals surface area contributed by atoms with Crippen LogP contribution < -0.4 is 5.32 Å². The molecule has 1 aliphatic heterocycles. The van der Waals surface area contributed by atoms with E-state index in [-0.39, 0.29) is 11.3 Å². The summed E-state index contributed by atoms with van der Waals surface area (Å²) in [6.07, 6.45) is 3.73. The summed E-state index contributed by atoms with van der Waals surface area (Å²) in [6.45, 7) is 9.19. The highest BCUT2D eigenvalue weighted by Gasteiger charge is 2.15. The predicted octanol–water partition coefficient (Wildman–Crippen LogP) is 3.41. The third-order valence-corrected chi connectivity index (χ3v) is 3.85. The lowest BCUT2D eigenvalue weighted by molar-refractivity contribution is -0.117. The van der Waals surface area contributed by atoms with Gasteiger partial charge in [-0.15, -0.1) is 0 Å². The fourth-order valence-corrected chi connectivity index (χ4v) is 2.57. The normalized spacial score (nSPS) is 16.9. The van der Waals surface area contributed by atoms with Crippen LogP contribution in [0.15, 0.2) is 24.3 Å². The second-order valence-corrected chi connectivity index (χ2v) is 6.71. The Morgan fingerprint density at radius 1 is 1.10 bits per heavy atom. The van der Waals surface area contributed by atoms with E-state index in [4.69, 9.17) is 0 Å². The standard InChI is InChI=1S/C17H26N2O/c1-17(2,3)14-7-9-15(10-8-14)18-16(20)13-19-11-5-4-6-12-19/h7-10H,4-6,11-13H2,1-3H3,(H,18,20). The van der Waals surface area contributed by atoms with Gasteiger partial charge in [0.25, 0.3) is 0 Å². The maximum atomic E-state index is 12.0. The average Bonchev–Trinajstić information content (AvgIpc) is 2.39. The van der Waals surface area contributed by atoms with Crippen LogP contribution in [0, 0.1) is 0 Å². The van der Waals surface area contributed by atoms with Gasteiger partial charge in [0.1, 0.15) is 0 Å². The Bertz CT molecular complexity index is 439. The number of nitrogens with one attached hydrogen (secondary N) is 1. The van der Waals surface area contributed by atoms with Gasteiger partial charge in [-0.2, -0.15) is 0 Å². The van der Waals surface area contributed by atoms with Gasteiger partial charge in [0.15, 0.2) is 0 Å². The second-order valence-electron chi connectivity index (χ2n) is 6.71. The molecule has 1 fully saturated rings. The summed E-state index contributed by atoms with van der Waals surface area (Å²) in [7, 11) is 0. The summed E-state index contributed by atoms with van der Waals surface area (Å²) in [4.78, 5) is 14.2. The Morgan fingerprint density at radius 3 is 2.25 bits per heavy atom. The van der Waals surface area contributed by atoms with E-state index in [2.05, 4.69) is 43.1 Å². The number of piperidine rings is 1. The molecule has 0 aliphatic carbocycles. The monoisotopic (exact) mass is 274 g/mol. The van der Waals surface area contributed by atoms with Gasteiger partial charge in [0, 0.05) is 5.69 Å². The van der Waals surface area contributed by atoms with Crippen molar-refractivity contribution in [3.05, 3.63) is 29.8 Å². The van der Waals surface area contributed by atoms with Gasteiger partial charge in [0.05, 0.1) is 6.54 Å². The van der Waals surface area contributed by atoms with Gasteiger partial charge >= 0.3 is 0 Å². The van der Waals surface area contributed by atoms with E-state index < -0.39 is 0 Å². The number of carbonyl (C=O) groups excluding carboxylic acids is 1. The molecule has 0 unspecified atom stereocenters. The zero-order valence-electron chi connectivity index (χ0n) is 12.9. The van der Waals surface area contributed by atoms with Crippen molar-refractivity contribution in [1.29, 1.82) is 0 Å². The Balaban J connectivity index is 1.87. The average molecular weight is 274 g/mol. The maximum Gasteiger partial charge on any atom is 0.238 e. The maximum absolute atomic E-state index is 12.0. The van der Waals surface area contributed by atoms with Crippen LogP contribution in [0.25, 0.3) is 0 Å². The van der Waals surface area contributed by atoms with Crippen LogP contribution >= 0.6 is 0 Å². The first-order valence-corrected chi connectivity index (χ1v) is 7.58. The van der Waals surface area contributed by atoms with Gasteiger partial charge in [0.2, 0.25) is 5.91 Å². The summed E-state index contributed by atoms with van der Waals surface area (Å²) in [5.74, 6) is 0.0930. The van der Waals surface area contributed by atoms with Crippen molar-refractivity contribution in [2.45, 2.75) is 45.4 Å². The SMILES string of the molecule is CC(C)(C)c1ccc(NC(=O)CN2CCCCC2)cc1. The van der Waals surface area contributed by atoms with E-state index >= 15 is 0 Å². The van der Waals surface area contributed by atoms with E-state index in [0.29, 0.717) is 6.54 Å². The van der Waals surface area contributed by atoms with Gasteiger partial charge in [-0.05, 0) is 49.0 Å². The van der Waals surface area contributed by atoms with Crippen LogP contribution in [0.2, 0.25) is 0 Å². The Hall–Kier alpha value is -1.35. The third kappa shape index (κ3) is 4.34. The predicted molar refractivity (Wildman–Crippen MR) is 84.1 cm³/mol. The lowest BCUT2D eigenvalue weighted by atomic mass is 9.87. The number of carbonyl (C=O) groups is 1. The molecule has 1 aromatic rings. The van der Waals surface area contributed by atoms with E-state index in [1.807, 2.05) is 12.1 Å². The molecule has 3 heteroatoms. The van der Waals surface area contributed by atoms with Crippen LogP contribution in [0.3, 0.4) is 0 Å². The van der Waals surface area contributed by atoms with Crippen LogP contribution in [-0.4, -0.2) is 30.4 Å². The minimum atomic E-state index is 0.0930. The first kappa shape index (κ1) is 15.0. The van der Waals surface area contributed by atoms with Crippen molar-refractivity contribution in [2.24, 2.45) is 0 Å². The summed E-state index contributed by atoms with van der Waals surface area (Å²) in [5, 5.41) is 2.99. The molecule has 1 heterocycles. The van der Waals surface area contributed by atoms with E-state index in [9.17, 15) is 4.79 Å². The molecule has 0 atom stereocenters. The van der Waals surface area contributed by atoms with Crippen molar-refractivity contribution in [1.82, 2.24) is 4.90 Å².